The Hall–Kier alpha value is -3.56. The zero-order chi connectivity index (χ0) is 21.7. The van der Waals surface area contributed by atoms with E-state index in [4.69, 9.17) is 9.47 Å². The molecule has 0 spiro atoms. The van der Waals surface area contributed by atoms with Crippen LogP contribution in [0, 0.1) is 13.8 Å². The number of anilines is 2. The Morgan fingerprint density at radius 2 is 2.03 bits per heavy atom. The maximum absolute atomic E-state index is 6.41. The minimum atomic E-state index is 0.00313. The molecule has 4 aromatic heterocycles. The van der Waals surface area contributed by atoms with Crippen LogP contribution in [0.5, 0.6) is 5.75 Å². The van der Waals surface area contributed by atoms with Gasteiger partial charge in [-0.15, -0.1) is 5.10 Å². The van der Waals surface area contributed by atoms with Gasteiger partial charge in [-0.1, -0.05) is 0 Å². The van der Waals surface area contributed by atoms with Gasteiger partial charge in [-0.05, 0) is 49.7 Å². The molecule has 2 N–H and O–H groups in total. The van der Waals surface area contributed by atoms with Gasteiger partial charge in [-0.2, -0.15) is 10.2 Å². The molecule has 3 atom stereocenters. The third-order valence-electron chi connectivity index (χ3n) is 5.93. The average Bonchev–Trinajstić information content (AvgIpc) is 3.50. The van der Waals surface area contributed by atoms with Crippen molar-refractivity contribution in [2.45, 2.75) is 32.1 Å². The van der Waals surface area contributed by atoms with Crippen molar-refractivity contribution in [1.29, 1.82) is 0 Å². The number of ether oxygens (including phenoxy) is 2. The predicted molar refractivity (Wildman–Crippen MR) is 119 cm³/mol. The number of hydrogen-bond donors (Lipinski definition) is 2. The lowest BCUT2D eigenvalue weighted by Crippen LogP contribution is -2.34. The first-order valence-electron chi connectivity index (χ1n) is 10.7. The molecule has 6 rings (SSSR count). The highest BCUT2D eigenvalue weighted by molar-refractivity contribution is 5.75. The van der Waals surface area contributed by atoms with E-state index in [1.54, 1.807) is 0 Å². The molecule has 4 aromatic rings. The summed E-state index contributed by atoms with van der Waals surface area (Å²) in [7, 11) is 0. The zero-order valence-corrected chi connectivity index (χ0v) is 17.8. The Bertz CT molecular complexity index is 1270. The second-order valence-electron chi connectivity index (χ2n) is 8.29. The first-order valence-corrected chi connectivity index (χ1v) is 10.7. The molecule has 9 heteroatoms. The van der Waals surface area contributed by atoms with Crippen LogP contribution in [0.4, 0.5) is 11.6 Å². The van der Waals surface area contributed by atoms with E-state index in [1.165, 1.54) is 0 Å². The minimum absolute atomic E-state index is 0.00313. The van der Waals surface area contributed by atoms with Crippen LogP contribution in [-0.4, -0.2) is 56.2 Å². The summed E-state index contributed by atoms with van der Waals surface area (Å²) >= 11 is 0. The van der Waals surface area contributed by atoms with Crippen LogP contribution in [0.1, 0.15) is 11.4 Å². The van der Waals surface area contributed by atoms with Crippen molar-refractivity contribution >= 4 is 17.2 Å². The smallest absolute Gasteiger partial charge is 0.154 e. The van der Waals surface area contributed by atoms with Gasteiger partial charge in [-0.25, -0.2) is 4.52 Å². The molecular formula is C23H23N7O2. The fraction of sp³-hybridized carbons (Fsp3) is 0.304. The minimum Gasteiger partial charge on any atom is -0.484 e. The van der Waals surface area contributed by atoms with E-state index in [0.29, 0.717) is 18.2 Å². The fourth-order valence-electron chi connectivity index (χ4n) is 4.29. The number of nitrogens with one attached hydrogen (secondary N) is 2. The van der Waals surface area contributed by atoms with Crippen LogP contribution in [-0.2, 0) is 4.74 Å². The molecule has 9 nitrogen and oxygen atoms in total. The molecule has 2 saturated heterocycles. The highest BCUT2D eigenvalue weighted by atomic mass is 16.6. The highest BCUT2D eigenvalue weighted by Crippen LogP contribution is 2.34. The number of rotatable bonds is 5. The van der Waals surface area contributed by atoms with Crippen molar-refractivity contribution in [3.05, 3.63) is 60.2 Å². The van der Waals surface area contributed by atoms with Crippen LogP contribution in [0.3, 0.4) is 0 Å². The first kappa shape index (κ1) is 19.1. The lowest BCUT2D eigenvalue weighted by atomic mass is 10.1. The molecule has 0 unspecified atom stereocenters. The summed E-state index contributed by atoms with van der Waals surface area (Å²) < 4.78 is 14.0. The van der Waals surface area contributed by atoms with Crippen LogP contribution < -0.4 is 15.4 Å². The van der Waals surface area contributed by atoms with Gasteiger partial charge >= 0.3 is 0 Å². The summed E-state index contributed by atoms with van der Waals surface area (Å²) in [6.45, 7) is 5.40. The second-order valence-corrected chi connectivity index (χ2v) is 8.29. The summed E-state index contributed by atoms with van der Waals surface area (Å²) in [4.78, 5) is 4.47. The van der Waals surface area contributed by atoms with Crippen molar-refractivity contribution in [2.24, 2.45) is 0 Å². The first-order chi connectivity index (χ1) is 15.6. The van der Waals surface area contributed by atoms with Crippen molar-refractivity contribution < 1.29 is 9.47 Å². The number of morpholine rings is 1. The molecule has 162 valence electrons. The van der Waals surface area contributed by atoms with E-state index in [9.17, 15) is 0 Å². The number of aryl methyl sites for hydroxylation is 2. The molecule has 2 aliphatic rings. The second kappa shape index (κ2) is 7.54. The molecular weight excluding hydrogens is 406 g/mol. The van der Waals surface area contributed by atoms with Gasteiger partial charge in [0.25, 0.3) is 0 Å². The van der Waals surface area contributed by atoms with Crippen LogP contribution in [0.15, 0.2) is 48.8 Å². The third kappa shape index (κ3) is 3.45. The zero-order valence-electron chi connectivity index (χ0n) is 17.8. The molecule has 2 fully saturated rings. The Labute approximate surface area is 184 Å². The maximum atomic E-state index is 6.41. The lowest BCUT2D eigenvalue weighted by Gasteiger charge is -2.19. The summed E-state index contributed by atoms with van der Waals surface area (Å²) in [6, 6.07) is 12.2. The van der Waals surface area contributed by atoms with E-state index in [-0.39, 0.29) is 18.2 Å². The molecule has 2 aliphatic heterocycles. The fourth-order valence-corrected chi connectivity index (χ4v) is 4.29. The molecule has 0 saturated carbocycles. The molecule has 0 aromatic carbocycles. The molecule has 32 heavy (non-hydrogen) atoms. The highest BCUT2D eigenvalue weighted by Gasteiger charge is 2.45. The SMILES string of the molecule is Cc1cc(-c2ccn3nc(Nc4ccc(C)nn4)cc3c2)c(O[C@@H]2[C@@H]3CO[C@H]2CN3)cn1. The van der Waals surface area contributed by atoms with Gasteiger partial charge in [0.05, 0.1) is 30.1 Å². The summed E-state index contributed by atoms with van der Waals surface area (Å²) in [5.74, 6) is 2.12. The topological polar surface area (TPSA) is 98.5 Å². The van der Waals surface area contributed by atoms with Crippen LogP contribution in [0.2, 0.25) is 0 Å². The number of fused-ring (bicyclic) bond motifs is 3. The Morgan fingerprint density at radius 1 is 1.09 bits per heavy atom. The van der Waals surface area contributed by atoms with Gasteiger partial charge in [0, 0.05) is 30.1 Å². The van der Waals surface area contributed by atoms with Crippen molar-refractivity contribution in [2.75, 3.05) is 18.5 Å². The maximum Gasteiger partial charge on any atom is 0.154 e. The van der Waals surface area contributed by atoms with Gasteiger partial charge in [0.15, 0.2) is 11.6 Å². The van der Waals surface area contributed by atoms with Gasteiger partial charge < -0.3 is 20.1 Å². The van der Waals surface area contributed by atoms with Crippen molar-refractivity contribution in [3.8, 4) is 16.9 Å². The van der Waals surface area contributed by atoms with Crippen molar-refractivity contribution in [3.63, 3.8) is 0 Å². The number of hydrogen-bond acceptors (Lipinski definition) is 8. The monoisotopic (exact) mass is 429 g/mol. The molecule has 0 radical (unpaired) electrons. The summed E-state index contributed by atoms with van der Waals surface area (Å²) in [6.07, 6.45) is 3.85. The predicted octanol–water partition coefficient (Wildman–Crippen LogP) is 2.66. The number of pyridine rings is 2. The molecule has 0 aliphatic carbocycles. The normalized spacial score (nSPS) is 21.9. The quantitative estimate of drug-likeness (QED) is 0.500. The third-order valence-corrected chi connectivity index (χ3v) is 5.93. The average molecular weight is 429 g/mol. The van der Waals surface area contributed by atoms with Gasteiger partial charge in [0.2, 0.25) is 0 Å². The standard InChI is InChI=1S/C23H23N7O2/c1-13-3-4-21(28-27-13)26-22-9-16-8-15(5-6-30(16)29-22)17-7-14(2)24-10-19(17)32-23-18-12-31-20(23)11-25-18/h3-10,18,20,23,25H,11-12H2,1-2H3,(H,26,28,29)/t18-,20-,23+/m0/s1. The van der Waals surface area contributed by atoms with Crippen LogP contribution >= 0.6 is 0 Å². The largest absolute Gasteiger partial charge is 0.484 e. The van der Waals surface area contributed by atoms with E-state index in [2.05, 4.69) is 43.0 Å². The van der Waals surface area contributed by atoms with Crippen LogP contribution in [0.25, 0.3) is 16.6 Å². The number of aromatic nitrogens is 5. The van der Waals surface area contributed by atoms with Gasteiger partial charge in [-0.3, -0.25) is 4.98 Å². The summed E-state index contributed by atoms with van der Waals surface area (Å²) in [5.41, 5.74) is 4.81. The molecule has 2 bridgehead atoms. The summed E-state index contributed by atoms with van der Waals surface area (Å²) in [5, 5.41) is 19.5. The molecule has 6 heterocycles. The lowest BCUT2D eigenvalue weighted by molar-refractivity contribution is 0.0596. The Balaban J connectivity index is 1.31. The Kier molecular flexibility index (Phi) is 4.51. The number of nitrogens with zero attached hydrogens (tertiary/aromatic N) is 5. The molecule has 0 amide bonds. The van der Waals surface area contributed by atoms with E-state index >= 15 is 0 Å². The van der Waals surface area contributed by atoms with Crippen molar-refractivity contribution in [1.82, 2.24) is 30.1 Å². The van der Waals surface area contributed by atoms with Gasteiger partial charge in [0.1, 0.15) is 18.0 Å². The Morgan fingerprint density at radius 3 is 2.78 bits per heavy atom. The van der Waals surface area contributed by atoms with E-state index < -0.39 is 0 Å². The van der Waals surface area contributed by atoms with E-state index in [1.807, 2.05) is 55.0 Å². The van der Waals surface area contributed by atoms with E-state index in [0.717, 1.165) is 40.3 Å².